The molecule has 0 atom stereocenters. The van der Waals surface area contributed by atoms with E-state index in [1.165, 1.54) is 32.7 Å². The number of likely N-dealkylation sites (N-methyl/N-ethyl adjacent to an activating group) is 1. The van der Waals surface area contributed by atoms with Gasteiger partial charge in [0.15, 0.2) is 0 Å². The fourth-order valence-corrected chi connectivity index (χ4v) is 3.31. The van der Waals surface area contributed by atoms with Gasteiger partial charge in [0.25, 0.3) is 0 Å². The van der Waals surface area contributed by atoms with E-state index < -0.39 is 10.2 Å². The molecular weight excluding hydrogens is 204 g/mol. The van der Waals surface area contributed by atoms with Gasteiger partial charge in [0, 0.05) is 26.2 Å². The van der Waals surface area contributed by atoms with Crippen LogP contribution in [0.3, 0.4) is 0 Å². The van der Waals surface area contributed by atoms with Crippen molar-refractivity contribution in [1.82, 2.24) is 9.21 Å². The van der Waals surface area contributed by atoms with Crippen molar-refractivity contribution in [1.29, 1.82) is 0 Å². The first-order chi connectivity index (χ1) is 6.10. The Hall–Kier alpha value is 0.560. The molecule has 0 N–H and O–H groups in total. The zero-order valence-electron chi connectivity index (χ0n) is 8.92. The summed E-state index contributed by atoms with van der Waals surface area (Å²) in [5.41, 5.74) is 0. The van der Waals surface area contributed by atoms with Crippen LogP contribution in [0.1, 0.15) is 6.92 Å². The molecule has 1 rings (SSSR count). The van der Waals surface area contributed by atoms with Crippen molar-refractivity contribution in [2.75, 3.05) is 50.4 Å². The van der Waals surface area contributed by atoms with Crippen LogP contribution < -0.4 is 0 Å². The molecule has 13 heavy (non-hydrogen) atoms. The largest absolute Gasteiger partial charge is 0.301 e. The Morgan fingerprint density at radius 2 is 1.69 bits per heavy atom. The van der Waals surface area contributed by atoms with Crippen LogP contribution in [0.2, 0.25) is 0 Å². The fourth-order valence-electron chi connectivity index (χ4n) is 1.61. The van der Waals surface area contributed by atoms with E-state index in [2.05, 4.69) is 28.6 Å². The topological polar surface area (TPSA) is 6.48 Å². The quantitative estimate of drug-likeness (QED) is 0.675. The van der Waals surface area contributed by atoms with Gasteiger partial charge >= 0.3 is 0 Å². The Balaban J connectivity index is 2.40. The van der Waals surface area contributed by atoms with E-state index in [0.717, 1.165) is 5.21 Å². The van der Waals surface area contributed by atoms with Gasteiger partial charge in [-0.2, -0.15) is 10.2 Å². The highest BCUT2D eigenvalue weighted by Crippen LogP contribution is 2.45. The summed E-state index contributed by atoms with van der Waals surface area (Å²) in [5.74, 6) is 0. The summed E-state index contributed by atoms with van der Waals surface area (Å²) in [7, 11) is -0.681. The van der Waals surface area contributed by atoms with Gasteiger partial charge in [0.1, 0.15) is 0 Å². The van der Waals surface area contributed by atoms with Crippen LogP contribution in [-0.4, -0.2) is 59.7 Å². The van der Waals surface area contributed by atoms with Crippen molar-refractivity contribution in [3.8, 4) is 0 Å². The zero-order valence-corrected chi connectivity index (χ0v) is 10.5. The third-order valence-corrected chi connectivity index (χ3v) is 6.64. The van der Waals surface area contributed by atoms with Crippen molar-refractivity contribution in [3.05, 3.63) is 0 Å². The zero-order chi connectivity index (χ0) is 9.90. The van der Waals surface area contributed by atoms with Crippen molar-refractivity contribution in [2.24, 2.45) is 0 Å². The molecule has 0 aromatic carbocycles. The molecule has 0 aromatic heterocycles. The average molecular weight is 225 g/mol. The van der Waals surface area contributed by atoms with Gasteiger partial charge in [-0.3, -0.25) is 4.31 Å². The average Bonchev–Trinajstić information content (AvgIpc) is 2.18. The summed E-state index contributed by atoms with van der Waals surface area (Å²) in [6.45, 7) is 8.24. The molecule has 1 aliphatic heterocycles. The number of nitrogens with zero attached hydrogens (tertiary/aromatic N) is 2. The fraction of sp³-hybridized carbons (Fsp3) is 1.00. The highest BCUT2D eigenvalue weighted by Gasteiger charge is 2.24. The van der Waals surface area contributed by atoms with Crippen molar-refractivity contribution >= 4 is 21.8 Å². The van der Waals surface area contributed by atoms with E-state index >= 15 is 0 Å². The van der Waals surface area contributed by atoms with Crippen LogP contribution in [0, 0.1) is 0 Å². The van der Waals surface area contributed by atoms with Crippen LogP contribution in [-0.2, 0) is 0 Å². The molecule has 0 radical (unpaired) electrons. The minimum Gasteiger partial charge on any atom is -0.301 e. The Kier molecular flexibility index (Phi) is 4.36. The molecule has 0 aromatic rings. The van der Waals surface area contributed by atoms with Gasteiger partial charge in [0.05, 0.1) is 5.21 Å². The van der Waals surface area contributed by atoms with Gasteiger partial charge in [0.2, 0.25) is 0 Å². The second-order valence-corrected chi connectivity index (χ2v) is 8.30. The van der Waals surface area contributed by atoms with Crippen LogP contribution in [0.25, 0.3) is 0 Å². The normalized spacial score (nSPS) is 23.4. The smallest absolute Gasteiger partial charge is 0.0634 e. The summed E-state index contributed by atoms with van der Waals surface area (Å²) >= 11 is 5.98. The maximum Gasteiger partial charge on any atom is 0.0634 e. The summed E-state index contributed by atoms with van der Waals surface area (Å²) in [6.07, 6.45) is 4.61. The molecule has 1 aliphatic rings. The lowest BCUT2D eigenvalue weighted by molar-refractivity contribution is 0.202. The van der Waals surface area contributed by atoms with Gasteiger partial charge < -0.3 is 4.90 Å². The van der Waals surface area contributed by atoms with Crippen molar-refractivity contribution in [2.45, 2.75) is 6.92 Å². The molecule has 1 fully saturated rings. The maximum atomic E-state index is 5.98. The van der Waals surface area contributed by atoms with E-state index in [9.17, 15) is 0 Å². The summed E-state index contributed by atoms with van der Waals surface area (Å²) in [4.78, 5) is 2.50. The standard InChI is InChI=1S/C9H21ClN2S/c1-4-11-5-7-12(8-6-11)13(2,3)9-10/h4-9H2,1-3H3. The first-order valence-electron chi connectivity index (χ1n) is 4.84. The van der Waals surface area contributed by atoms with Crippen molar-refractivity contribution in [3.63, 3.8) is 0 Å². The minimum atomic E-state index is -0.681. The molecule has 80 valence electrons. The number of piperazine rings is 1. The highest BCUT2D eigenvalue weighted by atomic mass is 35.5. The molecule has 0 saturated carbocycles. The van der Waals surface area contributed by atoms with Crippen LogP contribution in [0.4, 0.5) is 0 Å². The Morgan fingerprint density at radius 3 is 2.08 bits per heavy atom. The van der Waals surface area contributed by atoms with Gasteiger partial charge in [-0.25, -0.2) is 0 Å². The van der Waals surface area contributed by atoms with E-state index in [1.54, 1.807) is 0 Å². The van der Waals surface area contributed by atoms with Gasteiger partial charge in [-0.05, 0) is 19.1 Å². The third-order valence-electron chi connectivity index (χ3n) is 2.74. The number of halogens is 1. The molecule has 1 heterocycles. The molecule has 0 spiro atoms. The van der Waals surface area contributed by atoms with E-state index in [0.29, 0.717) is 0 Å². The Labute approximate surface area is 88.7 Å². The molecule has 2 nitrogen and oxygen atoms in total. The molecule has 0 bridgehead atoms. The summed E-state index contributed by atoms with van der Waals surface area (Å²) in [6, 6.07) is 0. The number of alkyl halides is 1. The Bertz CT molecular complexity index is 156. The third kappa shape index (κ3) is 3.01. The van der Waals surface area contributed by atoms with E-state index in [4.69, 9.17) is 11.6 Å². The van der Waals surface area contributed by atoms with Crippen LogP contribution in [0.5, 0.6) is 0 Å². The second kappa shape index (κ2) is 4.87. The number of hydrogen-bond acceptors (Lipinski definition) is 2. The number of rotatable bonds is 3. The summed E-state index contributed by atoms with van der Waals surface area (Å²) < 4.78 is 2.58. The van der Waals surface area contributed by atoms with Gasteiger partial charge in [-0.15, -0.1) is 11.6 Å². The molecule has 1 saturated heterocycles. The molecule has 0 unspecified atom stereocenters. The summed E-state index contributed by atoms with van der Waals surface area (Å²) in [5, 5.41) is 0.805. The minimum absolute atomic E-state index is 0.681. The lowest BCUT2D eigenvalue weighted by atomic mass is 10.4. The number of hydrogen-bond donors (Lipinski definition) is 0. The first-order valence-corrected chi connectivity index (χ1v) is 7.95. The monoisotopic (exact) mass is 224 g/mol. The molecule has 0 aliphatic carbocycles. The second-order valence-electron chi connectivity index (χ2n) is 3.95. The van der Waals surface area contributed by atoms with E-state index in [-0.39, 0.29) is 0 Å². The molecular formula is C9H21ClN2S. The van der Waals surface area contributed by atoms with E-state index in [1.807, 2.05) is 0 Å². The predicted molar refractivity (Wildman–Crippen MR) is 63.8 cm³/mol. The predicted octanol–water partition coefficient (Wildman–Crippen LogP) is 1.80. The lowest BCUT2D eigenvalue weighted by Gasteiger charge is -2.46. The highest BCUT2D eigenvalue weighted by molar-refractivity contribution is 8.31. The first kappa shape index (κ1) is 11.6. The maximum absolute atomic E-state index is 5.98. The molecule has 0 amide bonds. The van der Waals surface area contributed by atoms with Crippen LogP contribution >= 0.6 is 21.8 Å². The molecule has 4 heteroatoms. The Morgan fingerprint density at radius 1 is 1.15 bits per heavy atom. The van der Waals surface area contributed by atoms with Crippen LogP contribution in [0.15, 0.2) is 0 Å². The van der Waals surface area contributed by atoms with Crippen molar-refractivity contribution < 1.29 is 0 Å². The lowest BCUT2D eigenvalue weighted by Crippen LogP contribution is -2.46. The van der Waals surface area contributed by atoms with Gasteiger partial charge in [-0.1, -0.05) is 6.92 Å². The SMILES string of the molecule is CCN1CCN(S(C)(C)CCl)CC1.